The first-order valence-electron chi connectivity index (χ1n) is 11.0. The average molecular weight is 489 g/mol. The molecule has 182 valence electrons. The third kappa shape index (κ3) is 5.78. The molecule has 2 aromatic rings. The van der Waals surface area contributed by atoms with Crippen molar-refractivity contribution in [3.8, 4) is 0 Å². The van der Waals surface area contributed by atoms with Gasteiger partial charge in [0.25, 0.3) is 5.69 Å². The van der Waals surface area contributed by atoms with Crippen LogP contribution in [0.3, 0.4) is 0 Å². The first-order valence-corrected chi connectivity index (χ1v) is 12.5. The molecule has 2 unspecified atom stereocenters. The predicted octanol–water partition coefficient (Wildman–Crippen LogP) is 2.56. The molecule has 1 aliphatic rings. The number of non-ortho nitro benzene ring substituents is 1. The summed E-state index contributed by atoms with van der Waals surface area (Å²) in [5, 5.41) is 13.5. The van der Waals surface area contributed by atoms with E-state index in [4.69, 9.17) is 0 Å². The topological polar surface area (TPSA) is 139 Å². The third-order valence-electron chi connectivity index (χ3n) is 5.92. The molecule has 2 N–H and O–H groups in total. The highest BCUT2D eigenvalue weighted by Gasteiger charge is 2.36. The van der Waals surface area contributed by atoms with Gasteiger partial charge in [-0.25, -0.2) is 13.1 Å². The molecule has 2 aromatic carbocycles. The van der Waals surface area contributed by atoms with Gasteiger partial charge in [0.1, 0.15) is 0 Å². The van der Waals surface area contributed by atoms with Gasteiger partial charge < -0.3 is 10.2 Å². The van der Waals surface area contributed by atoms with Crippen LogP contribution >= 0.6 is 0 Å². The van der Waals surface area contributed by atoms with Crippen LogP contribution in [-0.4, -0.2) is 44.8 Å². The standard InChI is InChI=1S/C23H28N4O6S/c1-3-16(2)20-9-4-5-10-21(20)26-15-17(13-22(26)28)23(29)24-11-12-25-34(32,33)19-8-6-7-18(14-19)27(30)31/h4-10,14,16-17,25H,3,11-13,15H2,1-2H3,(H,24,29). The van der Waals surface area contributed by atoms with Crippen molar-refractivity contribution in [2.75, 3.05) is 24.5 Å². The van der Waals surface area contributed by atoms with Crippen LogP contribution < -0.4 is 14.9 Å². The Hall–Kier alpha value is -3.31. The normalized spacial score (nSPS) is 16.9. The van der Waals surface area contributed by atoms with Gasteiger partial charge in [0.15, 0.2) is 0 Å². The van der Waals surface area contributed by atoms with E-state index >= 15 is 0 Å². The van der Waals surface area contributed by atoms with Crippen molar-refractivity contribution < 1.29 is 22.9 Å². The molecule has 11 heteroatoms. The highest BCUT2D eigenvalue weighted by atomic mass is 32.2. The van der Waals surface area contributed by atoms with Crippen LogP contribution in [-0.2, 0) is 19.6 Å². The summed E-state index contributed by atoms with van der Waals surface area (Å²) in [6, 6.07) is 12.4. The number of carbonyl (C=O) groups excluding carboxylic acids is 2. The maximum absolute atomic E-state index is 12.7. The number of nitro benzene ring substituents is 1. The summed E-state index contributed by atoms with van der Waals surface area (Å²) in [4.78, 5) is 36.9. The Balaban J connectivity index is 1.55. The molecule has 3 rings (SSSR count). The minimum atomic E-state index is -3.97. The number of amides is 2. The van der Waals surface area contributed by atoms with Crippen molar-refractivity contribution >= 4 is 33.2 Å². The molecule has 1 fully saturated rings. The van der Waals surface area contributed by atoms with E-state index in [1.807, 2.05) is 24.3 Å². The van der Waals surface area contributed by atoms with Gasteiger partial charge in [0.05, 0.1) is 15.7 Å². The molecular formula is C23H28N4O6S. The zero-order chi connectivity index (χ0) is 24.9. The van der Waals surface area contributed by atoms with Crippen LogP contribution in [0.2, 0.25) is 0 Å². The molecule has 1 aliphatic heterocycles. The molecule has 0 bridgehead atoms. The van der Waals surface area contributed by atoms with Crippen LogP contribution in [0, 0.1) is 16.0 Å². The molecule has 2 atom stereocenters. The van der Waals surface area contributed by atoms with Gasteiger partial charge in [-0.05, 0) is 30.0 Å². The number of benzene rings is 2. The second-order valence-corrected chi connectivity index (χ2v) is 9.98. The van der Waals surface area contributed by atoms with Crippen molar-refractivity contribution in [1.29, 1.82) is 0 Å². The molecule has 2 amide bonds. The number of rotatable bonds is 10. The summed E-state index contributed by atoms with van der Waals surface area (Å²) in [5.74, 6) is -0.712. The maximum atomic E-state index is 12.7. The highest BCUT2D eigenvalue weighted by molar-refractivity contribution is 7.89. The number of hydrogen-bond acceptors (Lipinski definition) is 6. The lowest BCUT2D eigenvalue weighted by Gasteiger charge is -2.23. The number of para-hydroxylation sites is 1. The average Bonchev–Trinajstić information content (AvgIpc) is 3.22. The van der Waals surface area contributed by atoms with Crippen LogP contribution in [0.25, 0.3) is 0 Å². The summed E-state index contributed by atoms with van der Waals surface area (Å²) in [6.45, 7) is 4.35. The summed E-state index contributed by atoms with van der Waals surface area (Å²) >= 11 is 0. The van der Waals surface area contributed by atoms with E-state index in [0.717, 1.165) is 23.7 Å². The largest absolute Gasteiger partial charge is 0.354 e. The van der Waals surface area contributed by atoms with Crippen LogP contribution in [0.15, 0.2) is 53.4 Å². The summed E-state index contributed by atoms with van der Waals surface area (Å²) in [5.41, 5.74) is 1.55. The van der Waals surface area contributed by atoms with Crippen molar-refractivity contribution in [2.45, 2.75) is 37.5 Å². The second-order valence-electron chi connectivity index (χ2n) is 8.22. The molecule has 0 spiro atoms. The van der Waals surface area contributed by atoms with E-state index in [0.29, 0.717) is 0 Å². The minimum Gasteiger partial charge on any atom is -0.354 e. The number of nitrogens with zero attached hydrogens (tertiary/aromatic N) is 2. The van der Waals surface area contributed by atoms with Gasteiger partial charge in [-0.2, -0.15) is 0 Å². The van der Waals surface area contributed by atoms with E-state index in [1.165, 1.54) is 18.2 Å². The fourth-order valence-corrected chi connectivity index (χ4v) is 4.92. The Bertz CT molecular complexity index is 1180. The summed E-state index contributed by atoms with van der Waals surface area (Å²) in [6.07, 6.45) is 1.01. The number of nitrogens with one attached hydrogen (secondary N) is 2. The number of nitro groups is 1. The molecule has 1 saturated heterocycles. The SMILES string of the molecule is CCC(C)c1ccccc1N1CC(C(=O)NCCNS(=O)(=O)c2cccc([N+](=O)[O-])c2)CC1=O. The fraction of sp³-hybridized carbons (Fsp3) is 0.391. The summed E-state index contributed by atoms with van der Waals surface area (Å²) in [7, 11) is -3.97. The highest BCUT2D eigenvalue weighted by Crippen LogP contribution is 2.33. The molecule has 1 heterocycles. The quantitative estimate of drug-likeness (QED) is 0.299. The van der Waals surface area contributed by atoms with Crippen molar-refractivity contribution in [3.63, 3.8) is 0 Å². The Morgan fingerprint density at radius 2 is 1.94 bits per heavy atom. The number of hydrogen-bond donors (Lipinski definition) is 2. The van der Waals surface area contributed by atoms with Crippen LogP contribution in [0.1, 0.15) is 38.2 Å². The third-order valence-corrected chi connectivity index (χ3v) is 7.38. The minimum absolute atomic E-state index is 0.0150. The van der Waals surface area contributed by atoms with Crippen LogP contribution in [0.5, 0.6) is 0 Å². The van der Waals surface area contributed by atoms with E-state index in [2.05, 4.69) is 23.9 Å². The Morgan fingerprint density at radius 3 is 2.65 bits per heavy atom. The van der Waals surface area contributed by atoms with Gasteiger partial charge >= 0.3 is 0 Å². The molecule has 34 heavy (non-hydrogen) atoms. The Morgan fingerprint density at radius 1 is 1.21 bits per heavy atom. The molecular weight excluding hydrogens is 460 g/mol. The monoisotopic (exact) mass is 488 g/mol. The van der Waals surface area contributed by atoms with Gasteiger partial charge in [-0.15, -0.1) is 0 Å². The Labute approximate surface area is 198 Å². The first kappa shape index (κ1) is 25.3. The molecule has 10 nitrogen and oxygen atoms in total. The van der Waals surface area contributed by atoms with E-state index < -0.39 is 20.9 Å². The van der Waals surface area contributed by atoms with E-state index in [1.54, 1.807) is 4.90 Å². The fourth-order valence-electron chi connectivity index (χ4n) is 3.85. The lowest BCUT2D eigenvalue weighted by Crippen LogP contribution is -2.38. The van der Waals surface area contributed by atoms with Gasteiger partial charge in [0, 0.05) is 43.9 Å². The van der Waals surface area contributed by atoms with Gasteiger partial charge in [-0.3, -0.25) is 19.7 Å². The molecule has 0 aliphatic carbocycles. The number of anilines is 1. The van der Waals surface area contributed by atoms with E-state index in [-0.39, 0.29) is 54.4 Å². The smallest absolute Gasteiger partial charge is 0.270 e. The van der Waals surface area contributed by atoms with E-state index in [9.17, 15) is 28.1 Å². The molecule has 0 aromatic heterocycles. The zero-order valence-electron chi connectivity index (χ0n) is 19.1. The van der Waals surface area contributed by atoms with Crippen molar-refractivity contribution in [2.24, 2.45) is 5.92 Å². The van der Waals surface area contributed by atoms with Crippen LogP contribution in [0.4, 0.5) is 11.4 Å². The molecule has 0 saturated carbocycles. The lowest BCUT2D eigenvalue weighted by atomic mass is 9.96. The number of sulfonamides is 1. The summed E-state index contributed by atoms with van der Waals surface area (Å²) < 4.78 is 27.0. The maximum Gasteiger partial charge on any atom is 0.270 e. The first-order chi connectivity index (χ1) is 16.1. The zero-order valence-corrected chi connectivity index (χ0v) is 19.9. The molecule has 0 radical (unpaired) electrons. The number of carbonyl (C=O) groups is 2. The Kier molecular flexibility index (Phi) is 8.00. The van der Waals surface area contributed by atoms with Gasteiger partial charge in [0.2, 0.25) is 21.8 Å². The predicted molar refractivity (Wildman–Crippen MR) is 127 cm³/mol. The van der Waals surface area contributed by atoms with Crippen molar-refractivity contribution in [1.82, 2.24) is 10.0 Å². The van der Waals surface area contributed by atoms with Gasteiger partial charge in [-0.1, -0.05) is 38.1 Å². The lowest BCUT2D eigenvalue weighted by molar-refractivity contribution is -0.385. The van der Waals surface area contributed by atoms with Crippen molar-refractivity contribution in [3.05, 3.63) is 64.2 Å². The second kappa shape index (κ2) is 10.7.